The molecule has 0 aliphatic heterocycles. The topological polar surface area (TPSA) is 35.8 Å². The third kappa shape index (κ3) is 2.23. The zero-order valence-electron chi connectivity index (χ0n) is 11.6. The van der Waals surface area contributed by atoms with Crippen molar-refractivity contribution in [3.05, 3.63) is 41.3 Å². The maximum Gasteiger partial charge on any atom is 0.101 e. The van der Waals surface area contributed by atoms with E-state index in [0.29, 0.717) is 5.92 Å². The molecule has 0 saturated heterocycles. The Hall–Kier alpha value is -2.05. The number of nitrogens with zero attached hydrogens (tertiary/aromatic N) is 1. The Morgan fingerprint density at radius 1 is 1.20 bits per heavy atom. The van der Waals surface area contributed by atoms with Gasteiger partial charge in [-0.1, -0.05) is 19.9 Å². The van der Waals surface area contributed by atoms with Crippen molar-refractivity contribution in [1.29, 1.82) is 5.26 Å². The fraction of sp³-hybridized carbons (Fsp3) is 0.235. The minimum Gasteiger partial charge on any atom is -0.385 e. The lowest BCUT2D eigenvalue weighted by atomic mass is 10.0. The molecule has 0 amide bonds. The summed E-state index contributed by atoms with van der Waals surface area (Å²) >= 11 is 1.63. The standard InChI is InChI=1S/C17H16N2S/c1-11(2)10-19-14-4-3-12-7-13(9-18)17-15(5-6-20-17)16(12)8-14/h3-8,11,19H,10H2,1-2H3. The van der Waals surface area contributed by atoms with Gasteiger partial charge in [0.25, 0.3) is 0 Å². The number of benzene rings is 2. The van der Waals surface area contributed by atoms with Crippen molar-refractivity contribution in [1.82, 2.24) is 0 Å². The smallest absolute Gasteiger partial charge is 0.101 e. The Morgan fingerprint density at radius 3 is 2.80 bits per heavy atom. The molecule has 1 aromatic heterocycles. The molecule has 20 heavy (non-hydrogen) atoms. The van der Waals surface area contributed by atoms with Crippen LogP contribution in [-0.2, 0) is 0 Å². The first-order valence-corrected chi connectivity index (χ1v) is 7.65. The molecule has 3 aromatic rings. The number of anilines is 1. The maximum absolute atomic E-state index is 9.26. The average molecular weight is 280 g/mol. The van der Waals surface area contributed by atoms with Crippen molar-refractivity contribution in [2.75, 3.05) is 11.9 Å². The summed E-state index contributed by atoms with van der Waals surface area (Å²) in [7, 11) is 0. The zero-order valence-corrected chi connectivity index (χ0v) is 12.4. The predicted molar refractivity (Wildman–Crippen MR) is 87.4 cm³/mol. The molecule has 3 heteroatoms. The Balaban J connectivity index is 2.16. The summed E-state index contributed by atoms with van der Waals surface area (Å²) in [6.45, 7) is 5.36. The first-order valence-electron chi connectivity index (χ1n) is 6.77. The van der Waals surface area contributed by atoms with E-state index in [0.717, 1.165) is 27.9 Å². The molecule has 0 bridgehead atoms. The van der Waals surface area contributed by atoms with E-state index < -0.39 is 0 Å². The molecule has 2 aromatic carbocycles. The number of thiophene rings is 1. The van der Waals surface area contributed by atoms with Crippen LogP contribution in [0.15, 0.2) is 35.7 Å². The van der Waals surface area contributed by atoms with E-state index in [1.54, 1.807) is 11.3 Å². The van der Waals surface area contributed by atoms with E-state index in [2.05, 4.69) is 54.9 Å². The summed E-state index contributed by atoms with van der Waals surface area (Å²) in [5.41, 5.74) is 1.91. The third-order valence-corrected chi connectivity index (χ3v) is 4.34. The second-order valence-corrected chi connectivity index (χ2v) is 6.33. The Labute approximate surface area is 122 Å². The van der Waals surface area contributed by atoms with Gasteiger partial charge >= 0.3 is 0 Å². The van der Waals surface area contributed by atoms with Crippen LogP contribution in [0.3, 0.4) is 0 Å². The minimum atomic E-state index is 0.618. The van der Waals surface area contributed by atoms with Crippen LogP contribution in [0.5, 0.6) is 0 Å². The Bertz CT molecular complexity index is 809. The van der Waals surface area contributed by atoms with Gasteiger partial charge in [0.2, 0.25) is 0 Å². The lowest BCUT2D eigenvalue weighted by molar-refractivity contribution is 0.689. The molecule has 0 unspecified atom stereocenters. The molecule has 3 rings (SSSR count). The highest BCUT2D eigenvalue weighted by atomic mass is 32.1. The van der Waals surface area contributed by atoms with Crippen molar-refractivity contribution in [2.24, 2.45) is 5.92 Å². The lowest BCUT2D eigenvalue weighted by Gasteiger charge is -2.10. The van der Waals surface area contributed by atoms with Gasteiger partial charge in [-0.05, 0) is 46.3 Å². The number of rotatable bonds is 3. The van der Waals surface area contributed by atoms with E-state index in [-0.39, 0.29) is 0 Å². The van der Waals surface area contributed by atoms with Gasteiger partial charge in [0.1, 0.15) is 6.07 Å². The molecule has 0 atom stereocenters. The van der Waals surface area contributed by atoms with Crippen LogP contribution in [0.2, 0.25) is 0 Å². The van der Waals surface area contributed by atoms with Crippen LogP contribution in [0.4, 0.5) is 5.69 Å². The highest BCUT2D eigenvalue weighted by Crippen LogP contribution is 2.33. The van der Waals surface area contributed by atoms with Gasteiger partial charge in [-0.15, -0.1) is 11.3 Å². The summed E-state index contributed by atoms with van der Waals surface area (Å²) in [6, 6.07) is 12.8. The van der Waals surface area contributed by atoms with Gasteiger partial charge in [-0.25, -0.2) is 0 Å². The summed E-state index contributed by atoms with van der Waals surface area (Å²) in [4.78, 5) is 0. The van der Waals surface area contributed by atoms with Gasteiger partial charge in [0.05, 0.1) is 10.3 Å². The van der Waals surface area contributed by atoms with Crippen LogP contribution in [0.25, 0.3) is 20.9 Å². The third-order valence-electron chi connectivity index (χ3n) is 3.39. The molecule has 0 saturated carbocycles. The van der Waals surface area contributed by atoms with Crippen LogP contribution in [0.1, 0.15) is 19.4 Å². The Kier molecular flexibility index (Phi) is 3.33. The molecule has 0 spiro atoms. The monoisotopic (exact) mass is 280 g/mol. The van der Waals surface area contributed by atoms with Crippen LogP contribution < -0.4 is 5.32 Å². The largest absolute Gasteiger partial charge is 0.385 e. The number of nitrogens with one attached hydrogen (secondary N) is 1. The SMILES string of the molecule is CC(C)CNc1ccc2cc(C#N)c3sccc3c2c1. The first kappa shape index (κ1) is 13.0. The van der Waals surface area contributed by atoms with E-state index >= 15 is 0 Å². The molecule has 2 nitrogen and oxygen atoms in total. The van der Waals surface area contributed by atoms with Crippen LogP contribution in [0, 0.1) is 17.2 Å². The fourth-order valence-corrected chi connectivity index (χ4v) is 3.26. The van der Waals surface area contributed by atoms with Gasteiger partial charge in [0.15, 0.2) is 0 Å². The highest BCUT2D eigenvalue weighted by molar-refractivity contribution is 7.17. The summed E-state index contributed by atoms with van der Waals surface area (Å²) in [5.74, 6) is 0.618. The lowest BCUT2D eigenvalue weighted by Crippen LogP contribution is -2.07. The van der Waals surface area contributed by atoms with Crippen LogP contribution >= 0.6 is 11.3 Å². The predicted octanol–water partition coefficient (Wildman–Crippen LogP) is 4.99. The second-order valence-electron chi connectivity index (χ2n) is 5.41. The van der Waals surface area contributed by atoms with Crippen LogP contribution in [-0.4, -0.2) is 6.54 Å². The first-order chi connectivity index (χ1) is 9.69. The average Bonchev–Trinajstić information content (AvgIpc) is 2.93. The van der Waals surface area contributed by atoms with Crippen molar-refractivity contribution in [3.8, 4) is 6.07 Å². The molecule has 0 aliphatic rings. The normalized spacial score (nSPS) is 11.1. The number of hydrogen-bond acceptors (Lipinski definition) is 3. The van der Waals surface area contributed by atoms with Crippen molar-refractivity contribution < 1.29 is 0 Å². The van der Waals surface area contributed by atoms with E-state index in [1.165, 1.54) is 10.8 Å². The number of fused-ring (bicyclic) bond motifs is 3. The van der Waals surface area contributed by atoms with E-state index in [9.17, 15) is 5.26 Å². The van der Waals surface area contributed by atoms with Gasteiger partial charge in [-0.3, -0.25) is 0 Å². The molecule has 0 fully saturated rings. The molecule has 0 aliphatic carbocycles. The summed E-state index contributed by atoms with van der Waals surface area (Å²) in [5, 5.41) is 18.3. The molecule has 1 N–H and O–H groups in total. The van der Waals surface area contributed by atoms with Crippen molar-refractivity contribution in [2.45, 2.75) is 13.8 Å². The number of nitriles is 1. The highest BCUT2D eigenvalue weighted by Gasteiger charge is 2.08. The quantitative estimate of drug-likeness (QED) is 0.733. The molecule has 0 radical (unpaired) electrons. The zero-order chi connectivity index (χ0) is 14.1. The fourth-order valence-electron chi connectivity index (χ4n) is 2.38. The van der Waals surface area contributed by atoms with Gasteiger partial charge < -0.3 is 5.32 Å². The van der Waals surface area contributed by atoms with Gasteiger partial charge in [0, 0.05) is 17.6 Å². The maximum atomic E-state index is 9.26. The minimum absolute atomic E-state index is 0.618. The van der Waals surface area contributed by atoms with Gasteiger partial charge in [-0.2, -0.15) is 5.26 Å². The van der Waals surface area contributed by atoms with Crippen molar-refractivity contribution >= 4 is 37.9 Å². The van der Waals surface area contributed by atoms with Crippen molar-refractivity contribution in [3.63, 3.8) is 0 Å². The Morgan fingerprint density at radius 2 is 2.05 bits per heavy atom. The molecular weight excluding hydrogens is 264 g/mol. The molecular formula is C17H16N2S. The molecule has 100 valence electrons. The number of hydrogen-bond donors (Lipinski definition) is 1. The van der Waals surface area contributed by atoms with E-state index in [1.807, 2.05) is 6.07 Å². The summed E-state index contributed by atoms with van der Waals surface area (Å²) in [6.07, 6.45) is 0. The summed E-state index contributed by atoms with van der Waals surface area (Å²) < 4.78 is 1.08. The second kappa shape index (κ2) is 5.15. The van der Waals surface area contributed by atoms with E-state index in [4.69, 9.17) is 0 Å². The molecule has 1 heterocycles.